The summed E-state index contributed by atoms with van der Waals surface area (Å²) in [4.78, 5) is 6.33. The second-order valence-electron chi connectivity index (χ2n) is 5.67. The van der Waals surface area contributed by atoms with Crippen molar-refractivity contribution in [3.8, 4) is 0 Å². The third-order valence-electron chi connectivity index (χ3n) is 3.58. The highest BCUT2D eigenvalue weighted by Gasteiger charge is 2.31. The average Bonchev–Trinajstić information content (AvgIpc) is 2.91. The van der Waals surface area contributed by atoms with Crippen LogP contribution in [-0.2, 0) is 11.3 Å². The molecule has 1 aromatic heterocycles. The van der Waals surface area contributed by atoms with Gasteiger partial charge in [-0.3, -0.25) is 0 Å². The van der Waals surface area contributed by atoms with Crippen LogP contribution in [0.2, 0.25) is 0 Å². The smallest absolute Gasteiger partial charge is 0.122 e. The van der Waals surface area contributed by atoms with E-state index in [1.165, 1.54) is 34.8 Å². The molecule has 18 heavy (non-hydrogen) atoms. The van der Waals surface area contributed by atoms with E-state index < -0.39 is 0 Å². The molecule has 0 aromatic carbocycles. The van der Waals surface area contributed by atoms with Gasteiger partial charge < -0.3 is 10.1 Å². The Morgan fingerprint density at radius 3 is 2.83 bits per heavy atom. The first-order chi connectivity index (χ1) is 8.74. The highest BCUT2D eigenvalue weighted by atomic mass is 32.1. The summed E-state index contributed by atoms with van der Waals surface area (Å²) in [6.07, 6.45) is 5.25. The van der Waals surface area contributed by atoms with E-state index in [1.807, 2.05) is 11.3 Å². The summed E-state index contributed by atoms with van der Waals surface area (Å²) in [5.74, 6) is 0.736. The highest BCUT2D eigenvalue weighted by Crippen LogP contribution is 2.44. The molecule has 1 saturated carbocycles. The Bertz CT molecular complexity index is 406. The number of nitrogens with one attached hydrogen (secondary N) is 1. The largest absolute Gasteiger partial charge is 0.371 e. The van der Waals surface area contributed by atoms with Gasteiger partial charge in [0.15, 0.2) is 0 Å². The first-order valence-electron chi connectivity index (χ1n) is 7.08. The molecule has 3 rings (SSSR count). The van der Waals surface area contributed by atoms with Crippen molar-refractivity contribution in [1.82, 2.24) is 10.3 Å². The van der Waals surface area contributed by atoms with Gasteiger partial charge in [-0.05, 0) is 25.7 Å². The van der Waals surface area contributed by atoms with E-state index >= 15 is 0 Å². The fraction of sp³-hybridized carbons (Fsp3) is 0.786. The van der Waals surface area contributed by atoms with Crippen molar-refractivity contribution in [2.75, 3.05) is 6.61 Å². The van der Waals surface area contributed by atoms with Crippen molar-refractivity contribution in [3.63, 3.8) is 0 Å². The maximum absolute atomic E-state index is 5.76. The monoisotopic (exact) mass is 266 g/mol. The maximum atomic E-state index is 5.76. The standard InChI is InChI=1S/C14H22N2OS/c1-9(2)15-8-12-13(10-5-6-10)16-14(18-12)11-4-3-7-17-11/h9-11,15H,3-8H2,1-2H3. The van der Waals surface area contributed by atoms with Gasteiger partial charge >= 0.3 is 0 Å². The molecule has 1 saturated heterocycles. The third-order valence-corrected chi connectivity index (χ3v) is 4.75. The Hall–Kier alpha value is -0.450. The van der Waals surface area contributed by atoms with Crippen LogP contribution >= 0.6 is 11.3 Å². The number of nitrogens with zero attached hydrogens (tertiary/aromatic N) is 1. The second kappa shape index (κ2) is 5.27. The summed E-state index contributed by atoms with van der Waals surface area (Å²) in [6, 6.07) is 0.533. The molecular weight excluding hydrogens is 244 g/mol. The zero-order chi connectivity index (χ0) is 12.5. The van der Waals surface area contributed by atoms with Gasteiger partial charge in [0.05, 0.1) is 5.69 Å². The van der Waals surface area contributed by atoms with Crippen LogP contribution < -0.4 is 5.32 Å². The highest BCUT2D eigenvalue weighted by molar-refractivity contribution is 7.11. The van der Waals surface area contributed by atoms with Gasteiger partial charge in [-0.15, -0.1) is 11.3 Å². The van der Waals surface area contributed by atoms with Crippen molar-refractivity contribution < 1.29 is 4.74 Å². The molecule has 2 heterocycles. The van der Waals surface area contributed by atoms with E-state index in [2.05, 4.69) is 19.2 Å². The minimum absolute atomic E-state index is 0.278. The molecule has 100 valence electrons. The molecule has 3 nitrogen and oxygen atoms in total. The van der Waals surface area contributed by atoms with E-state index in [1.54, 1.807) is 0 Å². The summed E-state index contributed by atoms with van der Waals surface area (Å²) in [7, 11) is 0. The van der Waals surface area contributed by atoms with Crippen LogP contribution in [0.5, 0.6) is 0 Å². The predicted octanol–water partition coefficient (Wildman–Crippen LogP) is 3.37. The van der Waals surface area contributed by atoms with E-state index in [4.69, 9.17) is 9.72 Å². The number of thiazole rings is 1. The van der Waals surface area contributed by atoms with E-state index in [9.17, 15) is 0 Å². The van der Waals surface area contributed by atoms with Crippen LogP contribution in [0.25, 0.3) is 0 Å². The molecule has 1 aliphatic carbocycles. The number of ether oxygens (including phenoxy) is 1. The molecule has 0 bridgehead atoms. The van der Waals surface area contributed by atoms with Gasteiger partial charge in [0, 0.05) is 30.0 Å². The number of rotatable bonds is 5. The lowest BCUT2D eigenvalue weighted by molar-refractivity contribution is 0.111. The third kappa shape index (κ3) is 2.76. The van der Waals surface area contributed by atoms with Crippen molar-refractivity contribution in [2.45, 2.75) is 64.1 Å². The molecule has 0 amide bonds. The van der Waals surface area contributed by atoms with Crippen molar-refractivity contribution in [1.29, 1.82) is 0 Å². The van der Waals surface area contributed by atoms with Gasteiger partial charge in [0.2, 0.25) is 0 Å². The molecule has 1 atom stereocenters. The van der Waals surface area contributed by atoms with Crippen LogP contribution in [0.15, 0.2) is 0 Å². The number of hydrogen-bond donors (Lipinski definition) is 1. The molecule has 0 spiro atoms. The van der Waals surface area contributed by atoms with Crippen molar-refractivity contribution >= 4 is 11.3 Å². The SMILES string of the molecule is CC(C)NCc1sc(C2CCCO2)nc1C1CC1. The van der Waals surface area contributed by atoms with Crippen LogP contribution in [0.3, 0.4) is 0 Å². The van der Waals surface area contributed by atoms with Gasteiger partial charge in [0.25, 0.3) is 0 Å². The first kappa shape index (κ1) is 12.6. The maximum Gasteiger partial charge on any atom is 0.122 e. The second-order valence-corrected chi connectivity index (χ2v) is 6.79. The molecule has 1 aromatic rings. The van der Waals surface area contributed by atoms with Gasteiger partial charge in [-0.1, -0.05) is 13.8 Å². The normalized spacial score (nSPS) is 24.1. The van der Waals surface area contributed by atoms with Crippen LogP contribution in [0.1, 0.15) is 67.1 Å². The van der Waals surface area contributed by atoms with E-state index in [0.29, 0.717) is 6.04 Å². The lowest BCUT2D eigenvalue weighted by Crippen LogP contribution is -2.21. The van der Waals surface area contributed by atoms with Crippen molar-refractivity contribution in [2.24, 2.45) is 0 Å². The molecule has 1 N–H and O–H groups in total. The molecule has 2 fully saturated rings. The minimum Gasteiger partial charge on any atom is -0.371 e. The minimum atomic E-state index is 0.278. The summed E-state index contributed by atoms with van der Waals surface area (Å²) in [5.41, 5.74) is 1.36. The lowest BCUT2D eigenvalue weighted by Gasteiger charge is -2.07. The molecule has 1 aliphatic heterocycles. The summed E-state index contributed by atoms with van der Waals surface area (Å²) in [6.45, 7) is 6.26. The van der Waals surface area contributed by atoms with Crippen LogP contribution in [-0.4, -0.2) is 17.6 Å². The Morgan fingerprint density at radius 2 is 2.22 bits per heavy atom. The van der Waals surface area contributed by atoms with Gasteiger partial charge in [0.1, 0.15) is 11.1 Å². The Morgan fingerprint density at radius 1 is 1.39 bits per heavy atom. The topological polar surface area (TPSA) is 34.1 Å². The molecule has 2 aliphatic rings. The number of hydrogen-bond acceptors (Lipinski definition) is 4. The predicted molar refractivity (Wildman–Crippen MR) is 74.0 cm³/mol. The van der Waals surface area contributed by atoms with Crippen LogP contribution in [0, 0.1) is 0 Å². The quantitative estimate of drug-likeness (QED) is 0.887. The van der Waals surface area contributed by atoms with Crippen LogP contribution in [0.4, 0.5) is 0 Å². The zero-order valence-electron chi connectivity index (χ0n) is 11.2. The fourth-order valence-electron chi connectivity index (χ4n) is 2.39. The Labute approximate surface area is 113 Å². The van der Waals surface area contributed by atoms with E-state index in [-0.39, 0.29) is 6.10 Å². The first-order valence-corrected chi connectivity index (χ1v) is 7.90. The van der Waals surface area contributed by atoms with Gasteiger partial charge in [-0.2, -0.15) is 0 Å². The fourth-order valence-corrected chi connectivity index (χ4v) is 3.58. The summed E-state index contributed by atoms with van der Waals surface area (Å²) >= 11 is 1.87. The lowest BCUT2D eigenvalue weighted by atomic mass is 10.2. The summed E-state index contributed by atoms with van der Waals surface area (Å²) in [5, 5.41) is 4.74. The van der Waals surface area contributed by atoms with Gasteiger partial charge in [-0.25, -0.2) is 4.98 Å². The van der Waals surface area contributed by atoms with E-state index in [0.717, 1.165) is 25.5 Å². The Balaban J connectivity index is 1.77. The zero-order valence-corrected chi connectivity index (χ0v) is 12.1. The Kier molecular flexibility index (Phi) is 3.68. The molecule has 0 radical (unpaired) electrons. The molecule has 4 heteroatoms. The summed E-state index contributed by atoms with van der Waals surface area (Å²) < 4.78 is 5.76. The number of aromatic nitrogens is 1. The average molecular weight is 266 g/mol. The van der Waals surface area contributed by atoms with Crippen molar-refractivity contribution in [3.05, 3.63) is 15.6 Å². The molecule has 1 unspecified atom stereocenters. The molecular formula is C14H22N2OS.